The number of anilines is 2. The van der Waals surface area contributed by atoms with Crippen LogP contribution in [0, 0.1) is 0 Å². The van der Waals surface area contributed by atoms with Crippen LogP contribution in [0.2, 0.25) is 5.15 Å². The lowest BCUT2D eigenvalue weighted by molar-refractivity contribution is -0.121. The van der Waals surface area contributed by atoms with E-state index in [2.05, 4.69) is 20.6 Å². The van der Waals surface area contributed by atoms with E-state index in [-0.39, 0.29) is 24.3 Å². The van der Waals surface area contributed by atoms with Gasteiger partial charge >= 0.3 is 6.18 Å². The van der Waals surface area contributed by atoms with Crippen LogP contribution in [-0.2, 0) is 10.2 Å². The molecule has 25 heavy (non-hydrogen) atoms. The van der Waals surface area contributed by atoms with Gasteiger partial charge in [0.1, 0.15) is 18.6 Å². The van der Waals surface area contributed by atoms with Gasteiger partial charge in [-0.15, -0.1) is 0 Å². The maximum Gasteiger partial charge on any atom is 0.402 e. The standard InChI is InChI=1S/C12H18ClF3N6O2S/c1-17-9-10(13)18-7-19-11(9)21-8-2-4-22(5-3-8)25(23,24)20-6-12(14,15)16/h7-8,17,20H,2-6H2,1H3,(H,18,19,21). The van der Waals surface area contributed by atoms with Crippen LogP contribution in [0.3, 0.4) is 0 Å². The SMILES string of the molecule is CNc1c(Cl)ncnc1NC1CCN(S(=O)(=O)NCC(F)(F)F)CC1. The molecule has 1 fully saturated rings. The van der Waals surface area contributed by atoms with Gasteiger partial charge in [0.2, 0.25) is 0 Å². The average Bonchev–Trinajstić information content (AvgIpc) is 2.53. The zero-order valence-electron chi connectivity index (χ0n) is 13.3. The van der Waals surface area contributed by atoms with Crippen LogP contribution in [0.4, 0.5) is 24.7 Å². The first-order chi connectivity index (χ1) is 11.6. The molecule has 3 N–H and O–H groups in total. The predicted molar refractivity (Wildman–Crippen MR) is 87.8 cm³/mol. The molecule has 13 heteroatoms. The second kappa shape index (κ2) is 7.89. The molecule has 0 spiro atoms. The number of nitrogens with one attached hydrogen (secondary N) is 3. The highest BCUT2D eigenvalue weighted by molar-refractivity contribution is 7.87. The highest BCUT2D eigenvalue weighted by atomic mass is 35.5. The predicted octanol–water partition coefficient (Wildman–Crippen LogP) is 1.44. The Balaban J connectivity index is 1.93. The van der Waals surface area contributed by atoms with Crippen molar-refractivity contribution in [2.45, 2.75) is 25.1 Å². The zero-order chi connectivity index (χ0) is 18.7. The van der Waals surface area contributed by atoms with Crippen molar-refractivity contribution in [3.8, 4) is 0 Å². The fourth-order valence-corrected chi connectivity index (χ4v) is 3.84. The van der Waals surface area contributed by atoms with E-state index in [1.165, 1.54) is 6.33 Å². The molecule has 0 bridgehead atoms. The quantitative estimate of drug-likeness (QED) is 0.623. The van der Waals surface area contributed by atoms with E-state index in [4.69, 9.17) is 11.6 Å². The minimum Gasteiger partial charge on any atom is -0.383 e. The lowest BCUT2D eigenvalue weighted by Crippen LogP contribution is -2.49. The van der Waals surface area contributed by atoms with Gasteiger partial charge in [0.25, 0.3) is 10.2 Å². The van der Waals surface area contributed by atoms with Gasteiger partial charge in [-0.3, -0.25) is 0 Å². The number of rotatable bonds is 6. The van der Waals surface area contributed by atoms with Crippen LogP contribution in [0.1, 0.15) is 12.8 Å². The largest absolute Gasteiger partial charge is 0.402 e. The Morgan fingerprint density at radius 1 is 1.32 bits per heavy atom. The Morgan fingerprint density at radius 2 is 1.96 bits per heavy atom. The molecule has 0 atom stereocenters. The minimum absolute atomic E-state index is 0.0906. The van der Waals surface area contributed by atoms with Crippen molar-refractivity contribution in [2.24, 2.45) is 0 Å². The summed E-state index contributed by atoms with van der Waals surface area (Å²) < 4.78 is 62.9. The average molecular weight is 403 g/mol. The summed E-state index contributed by atoms with van der Waals surface area (Å²) in [4.78, 5) is 7.94. The Bertz CT molecular complexity index is 695. The fraction of sp³-hybridized carbons (Fsp3) is 0.667. The third-order valence-corrected chi connectivity index (χ3v) is 5.48. The Morgan fingerprint density at radius 3 is 2.52 bits per heavy atom. The first-order valence-corrected chi connectivity index (χ1v) is 9.20. The Hall–Kier alpha value is -1.37. The third-order valence-electron chi connectivity index (χ3n) is 3.64. The van der Waals surface area contributed by atoms with Crippen LogP contribution in [0.15, 0.2) is 6.33 Å². The first kappa shape index (κ1) is 19.9. The molecule has 1 aromatic rings. The summed E-state index contributed by atoms with van der Waals surface area (Å²) in [5, 5.41) is 6.27. The number of piperidine rings is 1. The molecule has 0 aromatic carbocycles. The summed E-state index contributed by atoms with van der Waals surface area (Å²) in [6.07, 6.45) is -2.47. The van der Waals surface area contributed by atoms with Crippen molar-refractivity contribution in [1.29, 1.82) is 0 Å². The number of hydrogen-bond acceptors (Lipinski definition) is 6. The lowest BCUT2D eigenvalue weighted by Gasteiger charge is -2.32. The summed E-state index contributed by atoms with van der Waals surface area (Å²) in [7, 11) is -2.49. The van der Waals surface area contributed by atoms with E-state index in [0.29, 0.717) is 24.3 Å². The van der Waals surface area contributed by atoms with Gasteiger partial charge < -0.3 is 10.6 Å². The molecule has 1 aromatic heterocycles. The number of halogens is 4. The van der Waals surface area contributed by atoms with E-state index >= 15 is 0 Å². The molecule has 0 amide bonds. The van der Waals surface area contributed by atoms with Gasteiger partial charge in [-0.2, -0.15) is 30.6 Å². The topological polar surface area (TPSA) is 99.2 Å². The van der Waals surface area contributed by atoms with E-state index in [1.807, 2.05) is 0 Å². The molecule has 0 saturated carbocycles. The van der Waals surface area contributed by atoms with Crippen LogP contribution in [-0.4, -0.2) is 61.6 Å². The van der Waals surface area contributed by atoms with Gasteiger partial charge in [0, 0.05) is 26.2 Å². The molecule has 0 aliphatic carbocycles. The summed E-state index contributed by atoms with van der Waals surface area (Å²) in [5.41, 5.74) is 0.520. The summed E-state index contributed by atoms with van der Waals surface area (Å²) in [6, 6.07) is -0.0906. The Labute approximate surface area is 148 Å². The number of nitrogens with zero attached hydrogens (tertiary/aromatic N) is 3. The smallest absolute Gasteiger partial charge is 0.383 e. The highest BCUT2D eigenvalue weighted by Gasteiger charge is 2.33. The van der Waals surface area contributed by atoms with Crippen molar-refractivity contribution >= 4 is 33.3 Å². The monoisotopic (exact) mass is 402 g/mol. The highest BCUT2D eigenvalue weighted by Crippen LogP contribution is 2.27. The number of alkyl halides is 3. The first-order valence-electron chi connectivity index (χ1n) is 7.38. The molecule has 1 aliphatic rings. The molecule has 2 rings (SSSR count). The van der Waals surface area contributed by atoms with Gasteiger partial charge in [-0.25, -0.2) is 9.97 Å². The molecule has 0 radical (unpaired) electrons. The summed E-state index contributed by atoms with van der Waals surface area (Å²) in [6.45, 7) is -1.39. The molecular formula is C12H18ClF3N6O2S. The van der Waals surface area contributed by atoms with Crippen LogP contribution < -0.4 is 15.4 Å². The summed E-state index contributed by atoms with van der Waals surface area (Å²) in [5.74, 6) is 0.485. The maximum absolute atomic E-state index is 12.2. The van der Waals surface area contributed by atoms with Crippen molar-refractivity contribution in [2.75, 3.05) is 37.3 Å². The molecule has 8 nitrogen and oxygen atoms in total. The maximum atomic E-state index is 12.2. The molecule has 142 valence electrons. The molecule has 2 heterocycles. The zero-order valence-corrected chi connectivity index (χ0v) is 14.8. The van der Waals surface area contributed by atoms with Crippen molar-refractivity contribution in [3.05, 3.63) is 11.5 Å². The van der Waals surface area contributed by atoms with Crippen LogP contribution in [0.5, 0.6) is 0 Å². The van der Waals surface area contributed by atoms with Crippen molar-refractivity contribution in [1.82, 2.24) is 19.0 Å². The van der Waals surface area contributed by atoms with Gasteiger partial charge in [0.15, 0.2) is 11.0 Å². The Kier molecular flexibility index (Phi) is 6.30. The molecule has 1 saturated heterocycles. The molecule has 1 aliphatic heterocycles. The minimum atomic E-state index is -4.59. The van der Waals surface area contributed by atoms with Crippen LogP contribution >= 0.6 is 11.6 Å². The van der Waals surface area contributed by atoms with Gasteiger partial charge in [0.05, 0.1) is 0 Å². The van der Waals surface area contributed by atoms with E-state index in [9.17, 15) is 21.6 Å². The second-order valence-corrected chi connectivity index (χ2v) is 7.51. The van der Waals surface area contributed by atoms with Crippen molar-refractivity contribution < 1.29 is 21.6 Å². The van der Waals surface area contributed by atoms with E-state index in [1.54, 1.807) is 11.8 Å². The van der Waals surface area contributed by atoms with Crippen molar-refractivity contribution in [3.63, 3.8) is 0 Å². The van der Waals surface area contributed by atoms with E-state index in [0.717, 1.165) is 4.31 Å². The second-order valence-electron chi connectivity index (χ2n) is 5.40. The van der Waals surface area contributed by atoms with Gasteiger partial charge in [-0.1, -0.05) is 11.6 Å². The molecular weight excluding hydrogens is 385 g/mol. The third kappa shape index (κ3) is 5.56. The lowest BCUT2D eigenvalue weighted by atomic mass is 10.1. The van der Waals surface area contributed by atoms with Gasteiger partial charge in [-0.05, 0) is 12.8 Å². The normalized spacial score (nSPS) is 17.5. The summed E-state index contributed by atoms with van der Waals surface area (Å²) >= 11 is 5.96. The number of hydrogen-bond donors (Lipinski definition) is 3. The number of aromatic nitrogens is 2. The fourth-order valence-electron chi connectivity index (χ4n) is 2.39. The van der Waals surface area contributed by atoms with E-state index < -0.39 is 22.9 Å². The van der Waals surface area contributed by atoms with Crippen LogP contribution in [0.25, 0.3) is 0 Å². The molecule has 0 unspecified atom stereocenters.